The Morgan fingerprint density at radius 2 is 2.06 bits per heavy atom. The number of benzene rings is 1. The molecule has 2 rings (SSSR count). The monoisotopic (exact) mass is 371 g/mol. The third-order valence-electron chi connectivity index (χ3n) is 3.19. The molecule has 0 saturated carbocycles. The van der Waals surface area contributed by atoms with Gasteiger partial charge in [-0.25, -0.2) is 0 Å². The molecule has 0 unspecified atom stereocenters. The average Bonchev–Trinajstić information content (AvgIpc) is 2.40. The zero-order chi connectivity index (χ0) is 13.0. The Hall–Kier alpha value is -0.410. The summed E-state index contributed by atoms with van der Waals surface area (Å²) in [6, 6.07) is 8.63. The van der Waals surface area contributed by atoms with Crippen molar-refractivity contribution in [1.82, 2.24) is 10.2 Å². The molecule has 5 heteroatoms. The smallest absolute Gasteiger partial charge is 0.0641 e. The number of hydrogen-bond donors (Lipinski definition) is 1. The molecule has 1 atom stereocenters. The lowest BCUT2D eigenvalue weighted by Crippen LogP contribution is -2.45. The first-order valence-corrected chi connectivity index (χ1v) is 7.57. The molecule has 3 nitrogen and oxygen atoms in total. The van der Waals surface area contributed by atoms with Crippen molar-refractivity contribution in [2.24, 2.45) is 0 Å². The van der Waals surface area contributed by atoms with Crippen molar-refractivity contribution >= 4 is 31.9 Å². The van der Waals surface area contributed by atoms with Gasteiger partial charge in [-0.05, 0) is 23.8 Å². The number of hydrogen-bond acceptors (Lipinski definition) is 3. The second-order valence-electron chi connectivity index (χ2n) is 4.33. The summed E-state index contributed by atoms with van der Waals surface area (Å²) in [6.45, 7) is 3.97. The van der Waals surface area contributed by atoms with Crippen molar-refractivity contribution in [3.8, 4) is 6.07 Å². The van der Waals surface area contributed by atoms with E-state index in [1.165, 1.54) is 5.56 Å². The first-order chi connectivity index (χ1) is 8.72. The Kier molecular flexibility index (Phi) is 5.19. The number of nitriles is 1. The van der Waals surface area contributed by atoms with Crippen molar-refractivity contribution in [2.45, 2.75) is 12.5 Å². The van der Waals surface area contributed by atoms with Crippen molar-refractivity contribution in [3.63, 3.8) is 0 Å². The summed E-state index contributed by atoms with van der Waals surface area (Å²) in [4.78, 5) is 2.38. The highest BCUT2D eigenvalue weighted by Crippen LogP contribution is 2.32. The second kappa shape index (κ2) is 6.67. The topological polar surface area (TPSA) is 39.1 Å². The van der Waals surface area contributed by atoms with Crippen LogP contribution in [-0.4, -0.2) is 31.1 Å². The van der Waals surface area contributed by atoms with Crippen LogP contribution in [0.15, 0.2) is 27.1 Å². The van der Waals surface area contributed by atoms with Crippen LogP contribution in [-0.2, 0) is 0 Å². The number of halogens is 2. The predicted octanol–water partition coefficient (Wildman–Crippen LogP) is 3.07. The van der Waals surface area contributed by atoms with Gasteiger partial charge in [-0.1, -0.05) is 31.9 Å². The summed E-state index contributed by atoms with van der Waals surface area (Å²) >= 11 is 7.10. The Morgan fingerprint density at radius 3 is 2.72 bits per heavy atom. The van der Waals surface area contributed by atoms with E-state index in [4.69, 9.17) is 5.26 Å². The van der Waals surface area contributed by atoms with Crippen molar-refractivity contribution < 1.29 is 0 Å². The lowest BCUT2D eigenvalue weighted by molar-refractivity contribution is 0.175. The third-order valence-corrected chi connectivity index (χ3v) is 4.41. The lowest BCUT2D eigenvalue weighted by Gasteiger charge is -2.34. The van der Waals surface area contributed by atoms with Gasteiger partial charge in [0.15, 0.2) is 0 Å². The van der Waals surface area contributed by atoms with Crippen LogP contribution < -0.4 is 5.32 Å². The van der Waals surface area contributed by atoms with Crippen LogP contribution in [0, 0.1) is 11.3 Å². The Bertz CT molecular complexity index is 450. The molecule has 0 radical (unpaired) electrons. The quantitative estimate of drug-likeness (QED) is 0.886. The molecule has 1 fully saturated rings. The largest absolute Gasteiger partial charge is 0.314 e. The molecule has 1 aliphatic rings. The molecule has 1 aliphatic heterocycles. The summed E-state index contributed by atoms with van der Waals surface area (Å²) < 4.78 is 2.13. The first kappa shape index (κ1) is 14.0. The fourth-order valence-corrected chi connectivity index (χ4v) is 3.18. The van der Waals surface area contributed by atoms with E-state index in [2.05, 4.69) is 54.2 Å². The first-order valence-electron chi connectivity index (χ1n) is 5.99. The highest BCUT2D eigenvalue weighted by atomic mass is 79.9. The van der Waals surface area contributed by atoms with E-state index in [0.717, 1.165) is 35.1 Å². The average molecular weight is 373 g/mol. The van der Waals surface area contributed by atoms with Crippen molar-refractivity contribution in [2.75, 3.05) is 26.2 Å². The van der Waals surface area contributed by atoms with Crippen LogP contribution in [0.5, 0.6) is 0 Å². The zero-order valence-corrected chi connectivity index (χ0v) is 13.2. The fourth-order valence-electron chi connectivity index (χ4n) is 2.29. The van der Waals surface area contributed by atoms with Gasteiger partial charge in [0.05, 0.1) is 12.5 Å². The lowest BCUT2D eigenvalue weighted by atomic mass is 10.0. The van der Waals surface area contributed by atoms with E-state index < -0.39 is 0 Å². The number of nitrogens with one attached hydrogen (secondary N) is 1. The molecular weight excluding hydrogens is 358 g/mol. The standard InChI is InChI=1S/C13H15Br2N3/c14-10-1-2-12(15)11(9-10)13(3-4-16)18-7-5-17-6-8-18/h1-2,9,13,17H,3,5-8H2/t13-/m0/s1. The number of piperazine rings is 1. The van der Waals surface area contributed by atoms with Gasteiger partial charge in [0.2, 0.25) is 0 Å². The van der Waals surface area contributed by atoms with Crippen LogP contribution in [0.4, 0.5) is 0 Å². The van der Waals surface area contributed by atoms with E-state index in [0.29, 0.717) is 6.42 Å². The van der Waals surface area contributed by atoms with Crippen LogP contribution in [0.2, 0.25) is 0 Å². The highest BCUT2D eigenvalue weighted by molar-refractivity contribution is 9.11. The molecule has 0 amide bonds. The zero-order valence-electron chi connectivity index (χ0n) is 10.00. The molecule has 18 heavy (non-hydrogen) atoms. The third kappa shape index (κ3) is 3.33. The molecule has 0 bridgehead atoms. The van der Waals surface area contributed by atoms with E-state index in [-0.39, 0.29) is 6.04 Å². The van der Waals surface area contributed by atoms with E-state index >= 15 is 0 Å². The minimum absolute atomic E-state index is 0.170. The van der Waals surface area contributed by atoms with Gasteiger partial charge in [0.1, 0.15) is 0 Å². The van der Waals surface area contributed by atoms with Crippen LogP contribution in [0.1, 0.15) is 18.0 Å². The minimum Gasteiger partial charge on any atom is -0.314 e. The van der Waals surface area contributed by atoms with Gasteiger partial charge in [-0.15, -0.1) is 0 Å². The van der Waals surface area contributed by atoms with Crippen LogP contribution in [0.3, 0.4) is 0 Å². The maximum Gasteiger partial charge on any atom is 0.0641 e. The van der Waals surface area contributed by atoms with E-state index in [9.17, 15) is 0 Å². The van der Waals surface area contributed by atoms with Gasteiger partial charge >= 0.3 is 0 Å². The summed E-state index contributed by atoms with van der Waals surface area (Å²) in [5, 5.41) is 12.4. The number of nitrogens with zero attached hydrogens (tertiary/aromatic N) is 2. The van der Waals surface area contributed by atoms with E-state index in [1.54, 1.807) is 0 Å². The van der Waals surface area contributed by atoms with E-state index in [1.807, 2.05) is 12.1 Å². The van der Waals surface area contributed by atoms with Crippen molar-refractivity contribution in [3.05, 3.63) is 32.7 Å². The second-order valence-corrected chi connectivity index (χ2v) is 6.10. The van der Waals surface area contributed by atoms with Gasteiger partial charge in [-0.3, -0.25) is 4.90 Å². The maximum absolute atomic E-state index is 9.07. The molecule has 0 spiro atoms. The minimum atomic E-state index is 0.170. The molecular formula is C13H15Br2N3. The van der Waals surface area contributed by atoms with Gasteiger partial charge in [-0.2, -0.15) is 5.26 Å². The molecule has 0 aromatic heterocycles. The number of rotatable bonds is 3. The van der Waals surface area contributed by atoms with Gasteiger partial charge in [0.25, 0.3) is 0 Å². The predicted molar refractivity (Wildman–Crippen MR) is 79.3 cm³/mol. The molecule has 0 aliphatic carbocycles. The fraction of sp³-hybridized carbons (Fsp3) is 0.462. The van der Waals surface area contributed by atoms with Crippen molar-refractivity contribution in [1.29, 1.82) is 5.26 Å². The molecule has 1 N–H and O–H groups in total. The molecule has 1 aromatic rings. The Morgan fingerprint density at radius 1 is 1.33 bits per heavy atom. The summed E-state index contributed by atoms with van der Waals surface area (Å²) in [5.41, 5.74) is 1.19. The maximum atomic E-state index is 9.07. The normalized spacial score (nSPS) is 18.3. The van der Waals surface area contributed by atoms with Gasteiger partial charge in [0, 0.05) is 41.2 Å². The Labute approximate surface area is 124 Å². The summed E-state index contributed by atoms with van der Waals surface area (Å²) in [5.74, 6) is 0. The van der Waals surface area contributed by atoms with Gasteiger partial charge < -0.3 is 5.32 Å². The molecule has 1 saturated heterocycles. The molecule has 1 aromatic carbocycles. The Balaban J connectivity index is 2.28. The van der Waals surface area contributed by atoms with Crippen LogP contribution >= 0.6 is 31.9 Å². The summed E-state index contributed by atoms with van der Waals surface area (Å²) in [7, 11) is 0. The molecule has 96 valence electrons. The molecule has 1 heterocycles. The summed E-state index contributed by atoms with van der Waals surface area (Å²) in [6.07, 6.45) is 0.523. The van der Waals surface area contributed by atoms with Crippen LogP contribution in [0.25, 0.3) is 0 Å². The highest BCUT2D eigenvalue weighted by Gasteiger charge is 2.23. The SMILES string of the molecule is N#CC[C@@H](c1cc(Br)ccc1Br)N1CCNCC1.